The standard InChI is InChI=1S/C18H29NO/c1-2-3-9-18(16-7-5-4-6-8-16)19-14-15-10-12-17(20)13-11-15/h4-8,15,17-20H,2-3,9-14H2,1H3. The third kappa shape index (κ3) is 4.92. The molecule has 0 spiro atoms. The Morgan fingerprint density at radius 3 is 2.50 bits per heavy atom. The molecule has 0 radical (unpaired) electrons. The summed E-state index contributed by atoms with van der Waals surface area (Å²) in [5.41, 5.74) is 1.41. The molecule has 0 amide bonds. The van der Waals surface area contributed by atoms with Crippen molar-refractivity contribution in [1.82, 2.24) is 5.32 Å². The zero-order valence-corrected chi connectivity index (χ0v) is 12.7. The largest absolute Gasteiger partial charge is 0.393 e. The van der Waals surface area contributed by atoms with Crippen molar-refractivity contribution in [2.75, 3.05) is 6.54 Å². The van der Waals surface area contributed by atoms with E-state index in [1.807, 2.05) is 0 Å². The highest BCUT2D eigenvalue weighted by atomic mass is 16.3. The minimum atomic E-state index is -0.0451. The summed E-state index contributed by atoms with van der Waals surface area (Å²) < 4.78 is 0. The van der Waals surface area contributed by atoms with Crippen molar-refractivity contribution in [2.45, 2.75) is 64.0 Å². The monoisotopic (exact) mass is 275 g/mol. The van der Waals surface area contributed by atoms with E-state index in [0.29, 0.717) is 6.04 Å². The average Bonchev–Trinajstić information content (AvgIpc) is 2.50. The highest BCUT2D eigenvalue weighted by Crippen LogP contribution is 2.25. The third-order valence-electron chi connectivity index (χ3n) is 4.52. The van der Waals surface area contributed by atoms with Gasteiger partial charge in [0.15, 0.2) is 0 Å². The number of rotatable bonds is 7. The number of hydrogen-bond acceptors (Lipinski definition) is 2. The van der Waals surface area contributed by atoms with E-state index in [0.717, 1.165) is 25.3 Å². The van der Waals surface area contributed by atoms with Crippen LogP contribution < -0.4 is 5.32 Å². The van der Waals surface area contributed by atoms with Gasteiger partial charge in [-0.3, -0.25) is 0 Å². The molecule has 2 nitrogen and oxygen atoms in total. The van der Waals surface area contributed by atoms with Crippen LogP contribution in [0.3, 0.4) is 0 Å². The topological polar surface area (TPSA) is 32.3 Å². The van der Waals surface area contributed by atoms with E-state index in [1.165, 1.54) is 37.7 Å². The normalized spacial score (nSPS) is 24.5. The fourth-order valence-corrected chi connectivity index (χ4v) is 3.14. The Kier molecular flexibility index (Phi) is 6.55. The summed E-state index contributed by atoms with van der Waals surface area (Å²) >= 11 is 0. The first kappa shape index (κ1) is 15.5. The molecule has 1 saturated carbocycles. The summed E-state index contributed by atoms with van der Waals surface area (Å²) in [4.78, 5) is 0. The number of benzene rings is 1. The molecule has 20 heavy (non-hydrogen) atoms. The fraction of sp³-hybridized carbons (Fsp3) is 0.667. The first-order valence-corrected chi connectivity index (χ1v) is 8.26. The quantitative estimate of drug-likeness (QED) is 0.786. The lowest BCUT2D eigenvalue weighted by Crippen LogP contribution is -2.30. The van der Waals surface area contributed by atoms with E-state index in [1.54, 1.807) is 0 Å². The molecule has 2 rings (SSSR count). The van der Waals surface area contributed by atoms with Gasteiger partial charge in [0, 0.05) is 6.04 Å². The van der Waals surface area contributed by atoms with E-state index in [4.69, 9.17) is 0 Å². The maximum Gasteiger partial charge on any atom is 0.0540 e. The van der Waals surface area contributed by atoms with Gasteiger partial charge in [-0.2, -0.15) is 0 Å². The predicted octanol–water partition coefficient (Wildman–Crippen LogP) is 4.06. The van der Waals surface area contributed by atoms with Crippen LogP contribution in [0, 0.1) is 5.92 Å². The van der Waals surface area contributed by atoms with Crippen molar-refractivity contribution >= 4 is 0 Å². The van der Waals surface area contributed by atoms with E-state index < -0.39 is 0 Å². The molecule has 1 unspecified atom stereocenters. The van der Waals surface area contributed by atoms with E-state index in [9.17, 15) is 5.11 Å². The minimum absolute atomic E-state index is 0.0451. The third-order valence-corrected chi connectivity index (χ3v) is 4.52. The van der Waals surface area contributed by atoms with Crippen molar-refractivity contribution in [1.29, 1.82) is 0 Å². The van der Waals surface area contributed by atoms with Gasteiger partial charge < -0.3 is 10.4 Å². The van der Waals surface area contributed by atoms with Crippen molar-refractivity contribution < 1.29 is 5.11 Å². The Balaban J connectivity index is 1.84. The first-order chi connectivity index (χ1) is 9.79. The summed E-state index contributed by atoms with van der Waals surface area (Å²) in [6.07, 6.45) is 8.00. The van der Waals surface area contributed by atoms with Gasteiger partial charge in [0.25, 0.3) is 0 Å². The van der Waals surface area contributed by atoms with Crippen molar-refractivity contribution in [2.24, 2.45) is 5.92 Å². The molecule has 0 heterocycles. The fourth-order valence-electron chi connectivity index (χ4n) is 3.14. The Morgan fingerprint density at radius 1 is 1.15 bits per heavy atom. The number of aliphatic hydroxyl groups excluding tert-OH is 1. The van der Waals surface area contributed by atoms with E-state index >= 15 is 0 Å². The van der Waals surface area contributed by atoms with Crippen LogP contribution in [-0.4, -0.2) is 17.8 Å². The van der Waals surface area contributed by atoms with Crippen LogP contribution in [0.15, 0.2) is 30.3 Å². The van der Waals surface area contributed by atoms with Crippen LogP contribution in [0.1, 0.15) is 63.5 Å². The minimum Gasteiger partial charge on any atom is -0.393 e. The number of aliphatic hydroxyl groups is 1. The van der Waals surface area contributed by atoms with Gasteiger partial charge in [-0.1, -0.05) is 50.1 Å². The van der Waals surface area contributed by atoms with Gasteiger partial charge in [-0.15, -0.1) is 0 Å². The zero-order chi connectivity index (χ0) is 14.2. The molecule has 1 aliphatic carbocycles. The molecule has 112 valence electrons. The Labute approximate surface area is 123 Å². The van der Waals surface area contributed by atoms with E-state index in [-0.39, 0.29) is 6.10 Å². The molecule has 2 heteroatoms. The van der Waals surface area contributed by atoms with Gasteiger partial charge >= 0.3 is 0 Å². The lowest BCUT2D eigenvalue weighted by atomic mass is 9.87. The molecule has 2 N–H and O–H groups in total. The lowest BCUT2D eigenvalue weighted by Gasteiger charge is -2.28. The molecule has 1 aromatic carbocycles. The summed E-state index contributed by atoms with van der Waals surface area (Å²) in [5, 5.41) is 13.4. The predicted molar refractivity (Wildman–Crippen MR) is 84.7 cm³/mol. The van der Waals surface area contributed by atoms with Crippen LogP contribution in [0.5, 0.6) is 0 Å². The molecule has 1 aliphatic rings. The molecule has 0 aromatic heterocycles. The van der Waals surface area contributed by atoms with Gasteiger partial charge in [-0.05, 0) is 50.1 Å². The van der Waals surface area contributed by atoms with Gasteiger partial charge in [-0.25, -0.2) is 0 Å². The molecule has 1 atom stereocenters. The van der Waals surface area contributed by atoms with Gasteiger partial charge in [0.05, 0.1) is 6.10 Å². The first-order valence-electron chi connectivity index (χ1n) is 8.26. The highest BCUT2D eigenvalue weighted by Gasteiger charge is 2.20. The number of hydrogen-bond donors (Lipinski definition) is 2. The summed E-state index contributed by atoms with van der Waals surface area (Å²) in [6, 6.07) is 11.3. The Morgan fingerprint density at radius 2 is 1.85 bits per heavy atom. The van der Waals surface area contributed by atoms with Crippen molar-refractivity contribution in [3.63, 3.8) is 0 Å². The van der Waals surface area contributed by atoms with Crippen LogP contribution in [0.25, 0.3) is 0 Å². The summed E-state index contributed by atoms with van der Waals surface area (Å²) in [7, 11) is 0. The molecule has 1 aromatic rings. The SMILES string of the molecule is CCCCC(NCC1CCC(O)CC1)c1ccccc1. The second kappa shape index (κ2) is 8.43. The summed E-state index contributed by atoms with van der Waals surface area (Å²) in [5.74, 6) is 0.742. The Hall–Kier alpha value is -0.860. The molecule has 0 bridgehead atoms. The summed E-state index contributed by atoms with van der Waals surface area (Å²) in [6.45, 7) is 3.35. The van der Waals surface area contributed by atoms with Crippen LogP contribution in [0.4, 0.5) is 0 Å². The number of unbranched alkanes of at least 4 members (excludes halogenated alkanes) is 1. The lowest BCUT2D eigenvalue weighted by molar-refractivity contribution is 0.107. The maximum atomic E-state index is 9.58. The zero-order valence-electron chi connectivity index (χ0n) is 12.7. The molecular weight excluding hydrogens is 246 g/mol. The van der Waals surface area contributed by atoms with E-state index in [2.05, 4.69) is 42.6 Å². The maximum absolute atomic E-state index is 9.58. The Bertz CT molecular complexity index is 357. The number of nitrogens with one attached hydrogen (secondary N) is 1. The average molecular weight is 275 g/mol. The molecular formula is C18H29NO. The van der Waals surface area contributed by atoms with Crippen LogP contribution in [0.2, 0.25) is 0 Å². The smallest absolute Gasteiger partial charge is 0.0540 e. The van der Waals surface area contributed by atoms with Crippen molar-refractivity contribution in [3.05, 3.63) is 35.9 Å². The molecule has 0 aliphatic heterocycles. The molecule has 1 fully saturated rings. The van der Waals surface area contributed by atoms with Gasteiger partial charge in [0.1, 0.15) is 0 Å². The van der Waals surface area contributed by atoms with Crippen molar-refractivity contribution in [3.8, 4) is 0 Å². The van der Waals surface area contributed by atoms with Crippen LogP contribution in [-0.2, 0) is 0 Å². The van der Waals surface area contributed by atoms with Gasteiger partial charge in [0.2, 0.25) is 0 Å². The van der Waals surface area contributed by atoms with Crippen LogP contribution >= 0.6 is 0 Å². The second-order valence-electron chi connectivity index (χ2n) is 6.19. The second-order valence-corrected chi connectivity index (χ2v) is 6.19. The molecule has 0 saturated heterocycles. The highest BCUT2D eigenvalue weighted by molar-refractivity contribution is 5.18.